The number of unbranched alkanes of at least 4 members (excludes halogenated alkanes) is 1. The Morgan fingerprint density at radius 3 is 2.46 bits per heavy atom. The largest absolute Gasteiger partial charge is 0.383 e. The van der Waals surface area contributed by atoms with Gasteiger partial charge in [-0.15, -0.1) is 5.10 Å². The van der Waals surface area contributed by atoms with Crippen molar-refractivity contribution in [1.82, 2.24) is 33.9 Å². The highest BCUT2D eigenvalue weighted by molar-refractivity contribution is 7.90. The predicted octanol–water partition coefficient (Wildman–Crippen LogP) is 4.06. The fraction of sp³-hybridized carbons (Fsp3) is 0.300. The average Bonchev–Trinajstić information content (AvgIpc) is 3.92. The molecule has 0 radical (unpaired) electrons. The number of hydrogen-bond acceptors (Lipinski definition) is 11. The zero-order valence-electron chi connectivity index (χ0n) is 31.5. The molecule has 17 heteroatoms. The molecule has 2 fully saturated rings. The molecule has 0 spiro atoms. The number of piperidine rings is 1. The van der Waals surface area contributed by atoms with Crippen molar-refractivity contribution >= 4 is 67.2 Å². The minimum absolute atomic E-state index is 0.102. The number of sulfone groups is 1. The molecule has 3 aromatic heterocycles. The Kier molecular flexibility index (Phi) is 9.99. The van der Waals surface area contributed by atoms with Crippen LogP contribution in [0.15, 0.2) is 94.6 Å². The third-order valence-electron chi connectivity index (χ3n) is 10.5. The van der Waals surface area contributed by atoms with E-state index < -0.39 is 21.8 Å². The highest BCUT2D eigenvalue weighted by Crippen LogP contribution is 2.29. The summed E-state index contributed by atoms with van der Waals surface area (Å²) in [6.45, 7) is 2.47. The van der Waals surface area contributed by atoms with E-state index in [2.05, 4.69) is 30.9 Å². The summed E-state index contributed by atoms with van der Waals surface area (Å²) < 4.78 is 28.5. The lowest BCUT2D eigenvalue weighted by molar-refractivity contribution is -0.135. The van der Waals surface area contributed by atoms with Gasteiger partial charge < -0.3 is 20.4 Å². The number of para-hydroxylation sites is 1. The molecule has 1 atom stereocenters. The first-order valence-corrected chi connectivity index (χ1v) is 20.7. The first-order chi connectivity index (χ1) is 27.4. The summed E-state index contributed by atoms with van der Waals surface area (Å²) in [5.74, 6) is -0.277. The summed E-state index contributed by atoms with van der Waals surface area (Å²) in [4.78, 5) is 59.5. The minimum Gasteiger partial charge on any atom is -0.383 e. The quantitative estimate of drug-likeness (QED) is 0.120. The van der Waals surface area contributed by atoms with E-state index in [1.165, 1.54) is 15.4 Å². The number of carbonyl (C=O) groups excluding carboxylic acids is 3. The van der Waals surface area contributed by atoms with Gasteiger partial charge in [-0.05, 0) is 79.9 Å². The van der Waals surface area contributed by atoms with Crippen molar-refractivity contribution in [1.29, 1.82) is 0 Å². The van der Waals surface area contributed by atoms with E-state index in [0.717, 1.165) is 41.3 Å². The van der Waals surface area contributed by atoms with E-state index in [4.69, 9.17) is 0 Å². The Bertz CT molecular complexity index is 2690. The van der Waals surface area contributed by atoms with Gasteiger partial charge in [0.05, 0.1) is 34.0 Å². The normalized spacial score (nSPS) is 16.1. The number of aromatic nitrogens is 5. The molecule has 3 amide bonds. The number of rotatable bonds is 12. The fourth-order valence-electron chi connectivity index (χ4n) is 7.53. The first kappa shape index (κ1) is 37.4. The van der Waals surface area contributed by atoms with Crippen LogP contribution in [-0.4, -0.2) is 87.3 Å². The number of imidazole rings is 1. The Balaban J connectivity index is 0.824. The van der Waals surface area contributed by atoms with Gasteiger partial charge in [0.25, 0.3) is 0 Å². The maximum atomic E-state index is 13.2. The van der Waals surface area contributed by atoms with E-state index >= 15 is 0 Å². The van der Waals surface area contributed by atoms with E-state index in [1.54, 1.807) is 41.9 Å². The van der Waals surface area contributed by atoms with Crippen LogP contribution < -0.4 is 26.5 Å². The van der Waals surface area contributed by atoms with Crippen LogP contribution in [0.1, 0.15) is 38.1 Å². The van der Waals surface area contributed by atoms with Crippen molar-refractivity contribution < 1.29 is 22.8 Å². The van der Waals surface area contributed by atoms with Crippen molar-refractivity contribution in [2.45, 2.75) is 43.0 Å². The number of imide groups is 1. The molecule has 5 heterocycles. The SMILES string of the molecule is Cn1c(=O)n(C2CCC(=O)NC2=O)c2cccc(NCCCCC(=O)N3CCN(c4ccc(Nc5nc6cccc(-c7ccc(S(C)(=O)=O)cc7)n6n5)cc4)C3)c21. The van der Waals surface area contributed by atoms with Gasteiger partial charge in [-0.2, -0.15) is 4.98 Å². The van der Waals surface area contributed by atoms with E-state index in [9.17, 15) is 27.6 Å². The highest BCUT2D eigenvalue weighted by Gasteiger charge is 2.32. The van der Waals surface area contributed by atoms with E-state index in [-0.39, 0.29) is 35.2 Å². The van der Waals surface area contributed by atoms with Gasteiger partial charge in [-0.25, -0.2) is 17.7 Å². The molecule has 0 aliphatic carbocycles. The third-order valence-corrected chi connectivity index (χ3v) is 11.6. The molecule has 2 aliphatic rings. The lowest BCUT2D eigenvalue weighted by atomic mass is 10.1. The molecule has 3 N–H and O–H groups in total. The monoisotopic (exact) mass is 790 g/mol. The molecule has 57 heavy (non-hydrogen) atoms. The third kappa shape index (κ3) is 7.57. The van der Waals surface area contributed by atoms with Crippen LogP contribution in [0.2, 0.25) is 0 Å². The average molecular weight is 791 g/mol. The lowest BCUT2D eigenvalue weighted by Gasteiger charge is -2.22. The molecule has 6 aromatic rings. The number of anilines is 4. The van der Waals surface area contributed by atoms with Gasteiger partial charge in [0.1, 0.15) is 6.04 Å². The smallest absolute Gasteiger partial charge is 0.329 e. The molecule has 2 saturated heterocycles. The van der Waals surface area contributed by atoms with E-state index in [1.807, 2.05) is 59.5 Å². The molecule has 16 nitrogen and oxygen atoms in total. The van der Waals surface area contributed by atoms with Gasteiger partial charge in [0, 0.05) is 62.7 Å². The molecule has 2 aliphatic heterocycles. The lowest BCUT2D eigenvalue weighted by Crippen LogP contribution is -2.44. The molecule has 0 saturated carbocycles. The predicted molar refractivity (Wildman–Crippen MR) is 216 cm³/mol. The van der Waals surface area contributed by atoms with Gasteiger partial charge in [-0.1, -0.05) is 24.3 Å². The summed E-state index contributed by atoms with van der Waals surface area (Å²) in [5.41, 5.74) is 5.78. The summed E-state index contributed by atoms with van der Waals surface area (Å²) in [5, 5.41) is 13.7. The molecule has 294 valence electrons. The number of pyridine rings is 1. The fourth-order valence-corrected chi connectivity index (χ4v) is 8.16. The number of nitrogens with zero attached hydrogens (tertiary/aromatic N) is 7. The van der Waals surface area contributed by atoms with Gasteiger partial charge in [0.2, 0.25) is 23.7 Å². The number of carbonyl (C=O) groups is 3. The standard InChI is InChI=1S/C40H42N10O6S/c1-46-37-30(7-5-9-32(37)49(40(46)54)33-20-21-35(51)44-38(33)53)41-22-4-3-11-36(52)48-24-23-47(25-48)28-16-14-27(15-17-28)42-39-43-34-10-6-8-31(50(34)45-39)26-12-18-29(19-13-26)57(2,55)56/h5-10,12-19,33,41H,3-4,11,20-25H2,1-2H3,(H,42,45)(H,44,51,53). The van der Waals surface area contributed by atoms with Crippen LogP contribution in [0.5, 0.6) is 0 Å². The van der Waals surface area contributed by atoms with Crippen LogP contribution in [-0.2, 0) is 31.3 Å². The molecule has 3 aromatic carbocycles. The summed E-state index contributed by atoms with van der Waals surface area (Å²) in [7, 11) is -1.63. The second-order valence-electron chi connectivity index (χ2n) is 14.4. The van der Waals surface area contributed by atoms with Crippen LogP contribution >= 0.6 is 0 Å². The maximum absolute atomic E-state index is 13.2. The molecule has 1 unspecified atom stereocenters. The number of amides is 3. The van der Waals surface area contributed by atoms with Crippen molar-refractivity contribution in [2.75, 3.05) is 48.1 Å². The summed E-state index contributed by atoms with van der Waals surface area (Å²) in [6, 6.07) is 25.0. The Labute approximate surface area is 328 Å². The Morgan fingerprint density at radius 2 is 1.70 bits per heavy atom. The maximum Gasteiger partial charge on any atom is 0.329 e. The number of aryl methyl sites for hydroxylation is 1. The highest BCUT2D eigenvalue weighted by atomic mass is 32.2. The zero-order chi connectivity index (χ0) is 39.8. The minimum atomic E-state index is -3.30. The summed E-state index contributed by atoms with van der Waals surface area (Å²) >= 11 is 0. The topological polar surface area (TPSA) is 185 Å². The van der Waals surface area contributed by atoms with Crippen molar-refractivity contribution in [3.05, 3.63) is 95.4 Å². The van der Waals surface area contributed by atoms with Gasteiger partial charge in [0.15, 0.2) is 15.5 Å². The Morgan fingerprint density at radius 1 is 0.930 bits per heavy atom. The van der Waals surface area contributed by atoms with Crippen molar-refractivity contribution in [3.63, 3.8) is 0 Å². The number of benzene rings is 3. The second kappa shape index (κ2) is 15.2. The first-order valence-electron chi connectivity index (χ1n) is 18.8. The molecule has 0 bridgehead atoms. The number of fused-ring (bicyclic) bond motifs is 2. The van der Waals surface area contributed by atoms with Gasteiger partial charge in [-0.3, -0.25) is 28.8 Å². The van der Waals surface area contributed by atoms with Crippen molar-refractivity contribution in [2.24, 2.45) is 7.05 Å². The van der Waals surface area contributed by atoms with Crippen LogP contribution in [0.25, 0.3) is 27.9 Å². The number of nitrogens with one attached hydrogen (secondary N) is 3. The Hall–Kier alpha value is -6.49. The molecule has 8 rings (SSSR count). The van der Waals surface area contributed by atoms with Crippen LogP contribution in [0, 0.1) is 0 Å². The molecular formula is C40H42N10O6S. The van der Waals surface area contributed by atoms with Crippen LogP contribution in [0.4, 0.5) is 23.0 Å². The van der Waals surface area contributed by atoms with Crippen LogP contribution in [0.3, 0.4) is 0 Å². The van der Waals surface area contributed by atoms with Crippen molar-refractivity contribution in [3.8, 4) is 11.3 Å². The zero-order valence-corrected chi connectivity index (χ0v) is 32.3. The number of hydrogen-bond donors (Lipinski definition) is 3. The van der Waals surface area contributed by atoms with Gasteiger partial charge >= 0.3 is 5.69 Å². The molecular weight excluding hydrogens is 749 g/mol. The summed E-state index contributed by atoms with van der Waals surface area (Å²) in [6.07, 6.45) is 3.50. The second-order valence-corrected chi connectivity index (χ2v) is 16.4. The van der Waals surface area contributed by atoms with E-state index in [0.29, 0.717) is 55.2 Å².